The molecule has 0 aliphatic carbocycles. The molecule has 1 amide bonds. The first-order chi connectivity index (χ1) is 10.7. The second kappa shape index (κ2) is 5.25. The SMILES string of the molecule is O=C1C[C@H](c2ccccc2Br)c2c(ccc3ccccc23)N1. The highest BCUT2D eigenvalue weighted by molar-refractivity contribution is 9.10. The van der Waals surface area contributed by atoms with Crippen LogP contribution in [0, 0.1) is 0 Å². The van der Waals surface area contributed by atoms with Crippen LogP contribution in [0.25, 0.3) is 10.8 Å². The van der Waals surface area contributed by atoms with E-state index in [0.29, 0.717) is 6.42 Å². The molecule has 22 heavy (non-hydrogen) atoms. The third kappa shape index (κ3) is 2.13. The van der Waals surface area contributed by atoms with Crippen molar-refractivity contribution in [1.29, 1.82) is 0 Å². The molecule has 3 aromatic rings. The summed E-state index contributed by atoms with van der Waals surface area (Å²) in [5.74, 6) is 0.147. The second-order valence-corrected chi connectivity index (χ2v) is 6.43. The zero-order valence-electron chi connectivity index (χ0n) is 11.8. The highest BCUT2D eigenvalue weighted by Gasteiger charge is 2.29. The summed E-state index contributed by atoms with van der Waals surface area (Å²) in [6, 6.07) is 20.6. The van der Waals surface area contributed by atoms with Gasteiger partial charge in [-0.15, -0.1) is 0 Å². The summed E-state index contributed by atoms with van der Waals surface area (Å²) in [7, 11) is 0. The van der Waals surface area contributed by atoms with Crippen molar-refractivity contribution in [3.8, 4) is 0 Å². The van der Waals surface area contributed by atoms with Crippen LogP contribution in [0.15, 0.2) is 65.1 Å². The Morgan fingerprint density at radius 2 is 1.73 bits per heavy atom. The average molecular weight is 352 g/mol. The van der Waals surface area contributed by atoms with E-state index in [0.717, 1.165) is 15.7 Å². The zero-order chi connectivity index (χ0) is 15.1. The van der Waals surface area contributed by atoms with Crippen molar-refractivity contribution in [3.05, 3.63) is 76.3 Å². The molecule has 0 bridgehead atoms. The number of halogens is 1. The number of rotatable bonds is 1. The third-order valence-electron chi connectivity index (χ3n) is 4.26. The van der Waals surface area contributed by atoms with E-state index in [4.69, 9.17) is 0 Å². The van der Waals surface area contributed by atoms with Crippen molar-refractivity contribution in [2.75, 3.05) is 5.32 Å². The first-order valence-corrected chi connectivity index (χ1v) is 8.09. The Balaban J connectivity index is 2.02. The minimum absolute atomic E-state index is 0.0727. The Morgan fingerprint density at radius 1 is 0.955 bits per heavy atom. The van der Waals surface area contributed by atoms with Gasteiger partial charge < -0.3 is 5.32 Å². The summed E-state index contributed by atoms with van der Waals surface area (Å²) in [6.45, 7) is 0. The smallest absolute Gasteiger partial charge is 0.225 e. The number of benzene rings is 3. The van der Waals surface area contributed by atoms with E-state index in [-0.39, 0.29) is 11.8 Å². The highest BCUT2D eigenvalue weighted by atomic mass is 79.9. The molecule has 0 saturated heterocycles. The van der Waals surface area contributed by atoms with Gasteiger partial charge in [-0.3, -0.25) is 4.79 Å². The third-order valence-corrected chi connectivity index (χ3v) is 4.99. The number of fused-ring (bicyclic) bond motifs is 3. The molecule has 0 aromatic heterocycles. The summed E-state index contributed by atoms with van der Waals surface area (Å²) in [5, 5.41) is 5.43. The Bertz CT molecular complexity index is 887. The summed E-state index contributed by atoms with van der Waals surface area (Å²) in [6.07, 6.45) is 0.476. The molecule has 4 rings (SSSR count). The maximum absolute atomic E-state index is 12.1. The predicted molar refractivity (Wildman–Crippen MR) is 93.2 cm³/mol. The number of hydrogen-bond acceptors (Lipinski definition) is 1. The van der Waals surface area contributed by atoms with E-state index in [1.165, 1.54) is 16.3 Å². The zero-order valence-corrected chi connectivity index (χ0v) is 13.4. The molecule has 1 atom stereocenters. The fraction of sp³-hybridized carbons (Fsp3) is 0.105. The van der Waals surface area contributed by atoms with Crippen LogP contribution < -0.4 is 5.32 Å². The van der Waals surface area contributed by atoms with Crippen LogP contribution in [0.4, 0.5) is 5.69 Å². The van der Waals surface area contributed by atoms with E-state index in [9.17, 15) is 4.79 Å². The van der Waals surface area contributed by atoms with Gasteiger partial charge in [0.05, 0.1) is 0 Å². The van der Waals surface area contributed by atoms with Gasteiger partial charge in [-0.2, -0.15) is 0 Å². The van der Waals surface area contributed by atoms with Crippen LogP contribution in [-0.4, -0.2) is 5.91 Å². The van der Waals surface area contributed by atoms with Crippen molar-refractivity contribution < 1.29 is 4.79 Å². The van der Waals surface area contributed by atoms with E-state index in [1.807, 2.05) is 30.3 Å². The predicted octanol–water partition coefficient (Wildman–Crippen LogP) is 5.08. The number of nitrogens with one attached hydrogen (secondary N) is 1. The summed E-state index contributed by atoms with van der Waals surface area (Å²) < 4.78 is 1.05. The summed E-state index contributed by atoms with van der Waals surface area (Å²) in [5.41, 5.74) is 3.30. The Hall–Kier alpha value is -2.13. The number of amides is 1. The fourth-order valence-corrected chi connectivity index (χ4v) is 3.85. The topological polar surface area (TPSA) is 29.1 Å². The van der Waals surface area contributed by atoms with Crippen LogP contribution in [0.2, 0.25) is 0 Å². The van der Waals surface area contributed by atoms with Gasteiger partial charge in [0, 0.05) is 22.5 Å². The standard InChI is InChI=1S/C19H14BrNO/c20-16-8-4-3-7-14(16)15-11-18(22)21-17-10-9-12-5-1-2-6-13(12)19(15)17/h1-10,15H,11H2,(H,21,22)/t15-/m1/s1. The van der Waals surface area contributed by atoms with Gasteiger partial charge in [0.25, 0.3) is 0 Å². The molecule has 0 radical (unpaired) electrons. The molecule has 1 heterocycles. The molecular formula is C19H14BrNO. The highest BCUT2D eigenvalue weighted by Crippen LogP contribution is 2.43. The lowest BCUT2D eigenvalue weighted by Gasteiger charge is -2.28. The van der Waals surface area contributed by atoms with E-state index >= 15 is 0 Å². The summed E-state index contributed by atoms with van der Waals surface area (Å²) >= 11 is 3.64. The van der Waals surface area contributed by atoms with E-state index in [1.54, 1.807) is 0 Å². The molecule has 1 N–H and O–H groups in total. The van der Waals surface area contributed by atoms with Gasteiger partial charge in [0.1, 0.15) is 0 Å². The first-order valence-electron chi connectivity index (χ1n) is 7.30. The molecule has 3 heteroatoms. The minimum Gasteiger partial charge on any atom is -0.326 e. The molecule has 0 unspecified atom stereocenters. The lowest BCUT2D eigenvalue weighted by molar-refractivity contribution is -0.116. The molecule has 0 spiro atoms. The molecular weight excluding hydrogens is 338 g/mol. The van der Waals surface area contributed by atoms with Crippen molar-refractivity contribution in [2.45, 2.75) is 12.3 Å². The number of hydrogen-bond donors (Lipinski definition) is 1. The lowest BCUT2D eigenvalue weighted by Crippen LogP contribution is -2.24. The number of carbonyl (C=O) groups excluding carboxylic acids is 1. The molecule has 108 valence electrons. The first kappa shape index (κ1) is 13.5. The van der Waals surface area contributed by atoms with Gasteiger partial charge in [-0.1, -0.05) is 64.5 Å². The van der Waals surface area contributed by atoms with Crippen LogP contribution in [0.5, 0.6) is 0 Å². The monoisotopic (exact) mass is 351 g/mol. The average Bonchev–Trinajstić information content (AvgIpc) is 2.54. The van der Waals surface area contributed by atoms with Gasteiger partial charge in [0.15, 0.2) is 0 Å². The largest absolute Gasteiger partial charge is 0.326 e. The number of anilines is 1. The Labute approximate surface area is 137 Å². The molecule has 0 saturated carbocycles. The van der Waals surface area contributed by atoms with Crippen molar-refractivity contribution in [1.82, 2.24) is 0 Å². The quantitative estimate of drug-likeness (QED) is 0.650. The van der Waals surface area contributed by atoms with Crippen molar-refractivity contribution in [2.24, 2.45) is 0 Å². The van der Waals surface area contributed by atoms with Crippen molar-refractivity contribution >= 4 is 38.3 Å². The van der Waals surface area contributed by atoms with E-state index < -0.39 is 0 Å². The Morgan fingerprint density at radius 3 is 2.59 bits per heavy atom. The maximum atomic E-state index is 12.1. The molecule has 1 aliphatic heterocycles. The van der Waals surface area contributed by atoms with Gasteiger partial charge in [-0.25, -0.2) is 0 Å². The fourth-order valence-electron chi connectivity index (χ4n) is 3.29. The molecule has 3 aromatic carbocycles. The van der Waals surface area contributed by atoms with Crippen molar-refractivity contribution in [3.63, 3.8) is 0 Å². The number of carbonyl (C=O) groups is 1. The van der Waals surface area contributed by atoms with Crippen LogP contribution in [-0.2, 0) is 4.79 Å². The minimum atomic E-state index is 0.0727. The summed E-state index contributed by atoms with van der Waals surface area (Å²) in [4.78, 5) is 12.1. The normalized spacial score (nSPS) is 17.1. The molecule has 2 nitrogen and oxygen atoms in total. The van der Waals surface area contributed by atoms with Crippen LogP contribution in [0.1, 0.15) is 23.5 Å². The molecule has 0 fully saturated rings. The van der Waals surface area contributed by atoms with Gasteiger partial charge >= 0.3 is 0 Å². The molecule has 1 aliphatic rings. The van der Waals surface area contributed by atoms with Crippen LogP contribution >= 0.6 is 15.9 Å². The Kier molecular flexibility index (Phi) is 3.23. The van der Waals surface area contributed by atoms with E-state index in [2.05, 4.69) is 51.6 Å². The maximum Gasteiger partial charge on any atom is 0.225 e. The van der Waals surface area contributed by atoms with Gasteiger partial charge in [0.2, 0.25) is 5.91 Å². The lowest BCUT2D eigenvalue weighted by atomic mass is 9.82. The van der Waals surface area contributed by atoms with Crippen LogP contribution in [0.3, 0.4) is 0 Å². The second-order valence-electron chi connectivity index (χ2n) is 5.57. The van der Waals surface area contributed by atoms with Gasteiger partial charge in [-0.05, 0) is 34.0 Å².